The fourth-order valence-electron chi connectivity index (χ4n) is 3.66. The smallest absolute Gasteiger partial charge is 0.251 e. The number of carbonyl (C=O) groups excluding carboxylic acids is 1. The number of piperazine rings is 1. The summed E-state index contributed by atoms with van der Waals surface area (Å²) in [7, 11) is 1.72. The Balaban J connectivity index is 1.43. The fourth-order valence-corrected chi connectivity index (χ4v) is 4.80. The second kappa shape index (κ2) is 8.70. The Labute approximate surface area is 183 Å². The van der Waals surface area contributed by atoms with Gasteiger partial charge in [-0.2, -0.15) is 0 Å². The van der Waals surface area contributed by atoms with Gasteiger partial charge in [0.2, 0.25) is 5.91 Å². The second-order valence-corrected chi connectivity index (χ2v) is 8.63. The molecule has 1 amide bonds. The van der Waals surface area contributed by atoms with Crippen LogP contribution >= 0.6 is 23.4 Å². The van der Waals surface area contributed by atoms with Crippen LogP contribution in [0.1, 0.15) is 0 Å². The van der Waals surface area contributed by atoms with Gasteiger partial charge in [-0.1, -0.05) is 23.7 Å². The van der Waals surface area contributed by atoms with Gasteiger partial charge in [0.05, 0.1) is 17.0 Å². The molecule has 30 heavy (non-hydrogen) atoms. The molecule has 0 spiro atoms. The Morgan fingerprint density at radius 2 is 1.83 bits per heavy atom. The number of rotatable bonds is 4. The number of aryl methyl sites for hydroxylation is 1. The Morgan fingerprint density at radius 3 is 2.57 bits per heavy atom. The number of amides is 1. The third-order valence-electron chi connectivity index (χ3n) is 5.35. The first kappa shape index (κ1) is 20.8. The maximum atomic E-state index is 14.0. The highest BCUT2D eigenvalue weighted by molar-refractivity contribution is 8.00. The third-order valence-corrected chi connectivity index (χ3v) is 6.62. The number of thioether (sulfide) groups is 1. The standard InChI is InChI=1S/C22H21ClFN3O2S/c1-25-18-7-6-15(23)12-16(18)20(13-21(25)28)30-14-22(29)27-10-8-26(9-11-27)19-5-3-2-4-17(19)24/h2-7,12-13H,8-11,14H2,1H3. The van der Waals surface area contributed by atoms with Crippen molar-refractivity contribution in [3.05, 3.63) is 69.7 Å². The zero-order chi connectivity index (χ0) is 21.3. The van der Waals surface area contributed by atoms with E-state index in [2.05, 4.69) is 0 Å². The summed E-state index contributed by atoms with van der Waals surface area (Å²) in [4.78, 5) is 29.5. The molecule has 0 atom stereocenters. The number of anilines is 1. The number of halogens is 2. The minimum atomic E-state index is -0.246. The molecule has 0 radical (unpaired) electrons. The highest BCUT2D eigenvalue weighted by Gasteiger charge is 2.23. The molecule has 0 saturated carbocycles. The molecular weight excluding hydrogens is 425 g/mol. The minimum Gasteiger partial charge on any atom is -0.366 e. The molecule has 4 rings (SSSR count). The SMILES string of the molecule is Cn1c(=O)cc(SCC(=O)N2CCN(c3ccccc3F)CC2)c2cc(Cl)ccc21. The molecule has 1 fully saturated rings. The van der Waals surface area contributed by atoms with Crippen LogP contribution in [-0.2, 0) is 11.8 Å². The van der Waals surface area contributed by atoms with Gasteiger partial charge in [0, 0.05) is 54.6 Å². The molecule has 1 saturated heterocycles. The number of nitrogens with zero attached hydrogens (tertiary/aromatic N) is 3. The van der Waals surface area contributed by atoms with E-state index in [1.54, 1.807) is 40.8 Å². The van der Waals surface area contributed by atoms with Crippen LogP contribution in [0.25, 0.3) is 10.9 Å². The van der Waals surface area contributed by atoms with E-state index in [0.717, 1.165) is 15.8 Å². The predicted molar refractivity (Wildman–Crippen MR) is 120 cm³/mol. The molecule has 1 aliphatic rings. The maximum Gasteiger partial charge on any atom is 0.251 e. The molecule has 0 aliphatic carbocycles. The van der Waals surface area contributed by atoms with Crippen molar-refractivity contribution in [2.45, 2.75) is 4.90 Å². The van der Waals surface area contributed by atoms with Crippen LogP contribution in [-0.4, -0.2) is 47.3 Å². The third kappa shape index (κ3) is 4.18. The van der Waals surface area contributed by atoms with Crippen LogP contribution in [0.15, 0.2) is 58.2 Å². The predicted octanol–water partition coefficient (Wildman–Crippen LogP) is 3.77. The highest BCUT2D eigenvalue weighted by atomic mass is 35.5. The largest absolute Gasteiger partial charge is 0.366 e. The summed E-state index contributed by atoms with van der Waals surface area (Å²) in [5.74, 6) is -0.0119. The van der Waals surface area contributed by atoms with Crippen LogP contribution in [0.4, 0.5) is 10.1 Å². The number of para-hydroxylation sites is 1. The van der Waals surface area contributed by atoms with E-state index < -0.39 is 0 Å². The Hall–Kier alpha value is -2.51. The van der Waals surface area contributed by atoms with Crippen molar-refractivity contribution in [1.82, 2.24) is 9.47 Å². The molecule has 0 bridgehead atoms. The molecule has 3 aromatic rings. The monoisotopic (exact) mass is 445 g/mol. The number of pyridine rings is 1. The van der Waals surface area contributed by atoms with E-state index in [9.17, 15) is 14.0 Å². The van der Waals surface area contributed by atoms with Gasteiger partial charge in [0.25, 0.3) is 5.56 Å². The van der Waals surface area contributed by atoms with Crippen LogP contribution in [0, 0.1) is 5.82 Å². The number of hydrogen-bond donors (Lipinski definition) is 0. The summed E-state index contributed by atoms with van der Waals surface area (Å²) in [6.07, 6.45) is 0. The zero-order valence-electron chi connectivity index (χ0n) is 16.5. The van der Waals surface area contributed by atoms with E-state index in [1.807, 2.05) is 23.1 Å². The van der Waals surface area contributed by atoms with Gasteiger partial charge in [-0.25, -0.2) is 4.39 Å². The van der Waals surface area contributed by atoms with Crippen molar-refractivity contribution < 1.29 is 9.18 Å². The van der Waals surface area contributed by atoms with Gasteiger partial charge in [-0.15, -0.1) is 11.8 Å². The Bertz CT molecular complexity index is 1160. The van der Waals surface area contributed by atoms with Gasteiger partial charge in [0.1, 0.15) is 5.82 Å². The molecule has 1 aromatic heterocycles. The lowest BCUT2D eigenvalue weighted by Gasteiger charge is -2.36. The lowest BCUT2D eigenvalue weighted by Crippen LogP contribution is -2.49. The van der Waals surface area contributed by atoms with Crippen LogP contribution in [0.2, 0.25) is 5.02 Å². The second-order valence-electron chi connectivity index (χ2n) is 7.18. The zero-order valence-corrected chi connectivity index (χ0v) is 18.0. The molecule has 1 aliphatic heterocycles. The van der Waals surface area contributed by atoms with E-state index in [-0.39, 0.29) is 23.0 Å². The minimum absolute atomic E-state index is 0.00374. The summed E-state index contributed by atoms with van der Waals surface area (Å²) >= 11 is 7.49. The molecule has 2 aromatic carbocycles. The Morgan fingerprint density at radius 1 is 1.10 bits per heavy atom. The van der Waals surface area contributed by atoms with Gasteiger partial charge in [-0.05, 0) is 30.3 Å². The van der Waals surface area contributed by atoms with Crippen molar-refractivity contribution in [3.63, 3.8) is 0 Å². The summed E-state index contributed by atoms with van der Waals surface area (Å²) < 4.78 is 15.6. The summed E-state index contributed by atoms with van der Waals surface area (Å²) in [6.45, 7) is 2.25. The molecule has 0 N–H and O–H groups in total. The van der Waals surface area contributed by atoms with Gasteiger partial charge >= 0.3 is 0 Å². The molecule has 8 heteroatoms. The lowest BCUT2D eigenvalue weighted by molar-refractivity contribution is -0.128. The van der Waals surface area contributed by atoms with E-state index in [0.29, 0.717) is 36.9 Å². The highest BCUT2D eigenvalue weighted by Crippen LogP contribution is 2.29. The summed E-state index contributed by atoms with van der Waals surface area (Å²) in [6, 6.07) is 13.6. The quantitative estimate of drug-likeness (QED) is 0.573. The normalized spacial score (nSPS) is 14.4. The molecule has 156 valence electrons. The van der Waals surface area contributed by atoms with Crippen molar-refractivity contribution in [3.8, 4) is 0 Å². The first-order valence-electron chi connectivity index (χ1n) is 9.63. The number of carbonyl (C=O) groups is 1. The van der Waals surface area contributed by atoms with Crippen LogP contribution < -0.4 is 10.5 Å². The van der Waals surface area contributed by atoms with E-state index >= 15 is 0 Å². The average Bonchev–Trinajstić information content (AvgIpc) is 2.75. The van der Waals surface area contributed by atoms with Crippen molar-refractivity contribution in [1.29, 1.82) is 0 Å². The molecule has 5 nitrogen and oxygen atoms in total. The van der Waals surface area contributed by atoms with Crippen molar-refractivity contribution in [2.24, 2.45) is 7.05 Å². The molecule has 0 unspecified atom stereocenters. The van der Waals surface area contributed by atoms with Crippen molar-refractivity contribution in [2.75, 3.05) is 36.8 Å². The van der Waals surface area contributed by atoms with Crippen LogP contribution in [0.5, 0.6) is 0 Å². The van der Waals surface area contributed by atoms with E-state index in [4.69, 9.17) is 11.6 Å². The van der Waals surface area contributed by atoms with Crippen molar-refractivity contribution >= 4 is 45.9 Å². The summed E-state index contributed by atoms with van der Waals surface area (Å²) in [5, 5.41) is 1.44. The number of fused-ring (bicyclic) bond motifs is 1. The first-order valence-corrected chi connectivity index (χ1v) is 11.0. The lowest BCUT2D eigenvalue weighted by atomic mass is 10.2. The van der Waals surface area contributed by atoms with E-state index in [1.165, 1.54) is 17.8 Å². The van der Waals surface area contributed by atoms with Crippen LogP contribution in [0.3, 0.4) is 0 Å². The number of hydrogen-bond acceptors (Lipinski definition) is 4. The van der Waals surface area contributed by atoms with Gasteiger partial charge in [-0.3, -0.25) is 9.59 Å². The van der Waals surface area contributed by atoms with Gasteiger partial charge < -0.3 is 14.4 Å². The fraction of sp³-hybridized carbons (Fsp3) is 0.273. The number of benzene rings is 2. The molecular formula is C22H21ClFN3O2S. The number of aromatic nitrogens is 1. The Kier molecular flexibility index (Phi) is 6.01. The topological polar surface area (TPSA) is 45.6 Å². The first-order chi connectivity index (χ1) is 14.4. The maximum absolute atomic E-state index is 14.0. The summed E-state index contributed by atoms with van der Waals surface area (Å²) in [5.41, 5.74) is 1.22. The average molecular weight is 446 g/mol. The van der Waals surface area contributed by atoms with Gasteiger partial charge in [0.15, 0.2) is 0 Å². The molecule has 2 heterocycles.